The predicted octanol–water partition coefficient (Wildman–Crippen LogP) is 6.31. The van der Waals surface area contributed by atoms with Crippen molar-refractivity contribution in [1.82, 2.24) is 4.90 Å². The van der Waals surface area contributed by atoms with Crippen LogP contribution < -0.4 is 4.90 Å². The van der Waals surface area contributed by atoms with E-state index in [1.165, 1.54) is 22.3 Å². The Bertz CT molecular complexity index is 1330. The second-order valence-corrected chi connectivity index (χ2v) is 11.4. The first kappa shape index (κ1) is 26.2. The summed E-state index contributed by atoms with van der Waals surface area (Å²) in [6.07, 6.45) is -0.291. The fraction of sp³-hybridized carbons (Fsp3) is 0.355. The number of carbonyl (C=O) groups excluding carboxylic acids is 2. The van der Waals surface area contributed by atoms with Gasteiger partial charge in [0.1, 0.15) is 12.2 Å². The average molecular weight is 531 g/mol. The molecule has 0 spiro atoms. The predicted molar refractivity (Wildman–Crippen MR) is 152 cm³/mol. The molecule has 3 aromatic rings. The third-order valence-corrected chi connectivity index (χ3v) is 7.67. The minimum atomic E-state index is -0.576. The number of amides is 1. The van der Waals surface area contributed by atoms with E-state index in [9.17, 15) is 9.59 Å². The fourth-order valence-electron chi connectivity index (χ4n) is 5.28. The van der Waals surface area contributed by atoms with Gasteiger partial charge in [0.25, 0.3) is 0 Å². The molecule has 0 atom stereocenters. The van der Waals surface area contributed by atoms with Crippen molar-refractivity contribution in [2.75, 3.05) is 37.7 Å². The standard InChI is InChI=1S/C31H34N2O4S/c1-20-27(17-21(18-28(20)38)29(34)37-31(2,3)4)32-13-15-33(16-14-32)30(35)36-19-26-24-11-7-5-9-22(24)23-10-6-8-12-25(23)26/h5-12,17-18,26,38H,13-16,19H2,1-4H3. The number of carbonyl (C=O) groups is 2. The highest BCUT2D eigenvalue weighted by Crippen LogP contribution is 2.44. The second kappa shape index (κ2) is 10.4. The van der Waals surface area contributed by atoms with Crippen molar-refractivity contribution in [3.8, 4) is 11.1 Å². The molecule has 1 aliphatic carbocycles. The van der Waals surface area contributed by atoms with E-state index in [4.69, 9.17) is 9.47 Å². The number of rotatable bonds is 4. The summed E-state index contributed by atoms with van der Waals surface area (Å²) < 4.78 is 11.4. The van der Waals surface area contributed by atoms with Gasteiger partial charge in [-0.2, -0.15) is 0 Å². The molecule has 6 nitrogen and oxygen atoms in total. The lowest BCUT2D eigenvalue weighted by Gasteiger charge is -2.36. The molecule has 0 unspecified atom stereocenters. The number of thiol groups is 1. The van der Waals surface area contributed by atoms with Gasteiger partial charge >= 0.3 is 12.1 Å². The van der Waals surface area contributed by atoms with Gasteiger partial charge in [-0.05, 0) is 67.6 Å². The molecule has 2 aliphatic rings. The highest BCUT2D eigenvalue weighted by atomic mass is 32.1. The summed E-state index contributed by atoms with van der Waals surface area (Å²) in [5.74, 6) is -0.328. The monoisotopic (exact) mass is 530 g/mol. The average Bonchev–Trinajstić information content (AvgIpc) is 3.21. The van der Waals surface area contributed by atoms with Crippen molar-refractivity contribution < 1.29 is 19.1 Å². The van der Waals surface area contributed by atoms with E-state index >= 15 is 0 Å². The van der Waals surface area contributed by atoms with Crippen LogP contribution in [0.3, 0.4) is 0 Å². The maximum atomic E-state index is 13.0. The number of nitrogens with zero attached hydrogens (tertiary/aromatic N) is 2. The molecule has 0 radical (unpaired) electrons. The summed E-state index contributed by atoms with van der Waals surface area (Å²) in [5.41, 5.74) is 6.66. The molecule has 1 saturated heterocycles. The smallest absolute Gasteiger partial charge is 0.409 e. The maximum absolute atomic E-state index is 13.0. The first-order valence-electron chi connectivity index (χ1n) is 13.0. The summed E-state index contributed by atoms with van der Waals surface area (Å²) in [4.78, 5) is 30.4. The van der Waals surface area contributed by atoms with Gasteiger partial charge in [0.05, 0.1) is 5.56 Å². The third-order valence-electron chi connectivity index (χ3n) is 7.20. The van der Waals surface area contributed by atoms with Crippen LogP contribution in [-0.2, 0) is 9.47 Å². The highest BCUT2D eigenvalue weighted by Gasteiger charge is 2.31. The van der Waals surface area contributed by atoms with Gasteiger partial charge in [0.2, 0.25) is 0 Å². The Morgan fingerprint density at radius 3 is 2.08 bits per heavy atom. The molecule has 7 heteroatoms. The van der Waals surface area contributed by atoms with Crippen LogP contribution in [0.4, 0.5) is 10.5 Å². The van der Waals surface area contributed by atoms with Crippen molar-refractivity contribution in [1.29, 1.82) is 0 Å². The van der Waals surface area contributed by atoms with Crippen molar-refractivity contribution in [3.63, 3.8) is 0 Å². The lowest BCUT2D eigenvalue weighted by molar-refractivity contribution is 0.00692. The number of fused-ring (bicyclic) bond motifs is 3. The molecule has 198 valence electrons. The molecule has 1 amide bonds. The van der Waals surface area contributed by atoms with Crippen molar-refractivity contribution in [3.05, 3.63) is 82.9 Å². The largest absolute Gasteiger partial charge is 0.456 e. The number of esters is 1. The maximum Gasteiger partial charge on any atom is 0.409 e. The number of hydrogen-bond acceptors (Lipinski definition) is 6. The van der Waals surface area contributed by atoms with E-state index in [1.807, 2.05) is 58.0 Å². The zero-order valence-corrected chi connectivity index (χ0v) is 23.3. The Morgan fingerprint density at radius 2 is 1.50 bits per heavy atom. The van der Waals surface area contributed by atoms with Gasteiger partial charge in [-0.1, -0.05) is 48.5 Å². The van der Waals surface area contributed by atoms with E-state index < -0.39 is 5.60 Å². The Hall–Kier alpha value is -3.45. The molecule has 0 saturated carbocycles. The minimum Gasteiger partial charge on any atom is -0.456 e. The van der Waals surface area contributed by atoms with Crippen molar-refractivity contribution in [2.24, 2.45) is 0 Å². The Balaban J connectivity index is 1.23. The summed E-state index contributed by atoms with van der Waals surface area (Å²) in [5, 5.41) is 0. The molecule has 0 aromatic heterocycles. The van der Waals surface area contributed by atoms with E-state index in [1.54, 1.807) is 11.0 Å². The van der Waals surface area contributed by atoms with E-state index in [-0.39, 0.29) is 18.0 Å². The van der Waals surface area contributed by atoms with Crippen LogP contribution in [0.5, 0.6) is 0 Å². The number of anilines is 1. The molecule has 0 bridgehead atoms. The summed E-state index contributed by atoms with van der Waals surface area (Å²) >= 11 is 4.60. The van der Waals surface area contributed by atoms with Crippen LogP contribution in [0.15, 0.2) is 65.6 Å². The quantitative estimate of drug-likeness (QED) is 0.316. The number of hydrogen-bond donors (Lipinski definition) is 1. The highest BCUT2D eigenvalue weighted by molar-refractivity contribution is 7.80. The van der Waals surface area contributed by atoms with Crippen LogP contribution in [0, 0.1) is 6.92 Å². The van der Waals surface area contributed by atoms with Gasteiger partial charge in [-0.25, -0.2) is 9.59 Å². The molecule has 38 heavy (non-hydrogen) atoms. The molecule has 3 aromatic carbocycles. The SMILES string of the molecule is Cc1c(S)cc(C(=O)OC(C)(C)C)cc1N1CCN(C(=O)OCC2c3ccccc3-c3ccccc32)CC1. The van der Waals surface area contributed by atoms with Crippen molar-refractivity contribution in [2.45, 2.75) is 44.1 Å². The van der Waals surface area contributed by atoms with E-state index in [2.05, 4.69) is 41.8 Å². The van der Waals surface area contributed by atoms with Gasteiger partial charge in [0, 0.05) is 42.7 Å². The number of ether oxygens (including phenoxy) is 2. The third kappa shape index (κ3) is 5.25. The van der Waals surface area contributed by atoms with E-state index in [0.717, 1.165) is 16.1 Å². The molecule has 1 aliphatic heterocycles. The summed E-state index contributed by atoms with van der Waals surface area (Å²) in [6.45, 7) is 10.2. The lowest BCUT2D eigenvalue weighted by atomic mass is 9.98. The Labute approximate surface area is 230 Å². The molecular weight excluding hydrogens is 496 g/mol. The topological polar surface area (TPSA) is 59.1 Å². The molecular formula is C31H34N2O4S. The molecule has 1 heterocycles. The van der Waals surface area contributed by atoms with Crippen LogP contribution in [0.25, 0.3) is 11.1 Å². The number of benzene rings is 3. The molecule has 5 rings (SSSR count). The zero-order valence-electron chi connectivity index (χ0n) is 22.4. The molecule has 0 N–H and O–H groups in total. The van der Waals surface area contributed by atoms with Crippen LogP contribution in [-0.4, -0.2) is 55.3 Å². The van der Waals surface area contributed by atoms with Gasteiger partial charge in [-0.15, -0.1) is 12.6 Å². The van der Waals surface area contributed by atoms with Crippen molar-refractivity contribution >= 4 is 30.4 Å². The van der Waals surface area contributed by atoms with Gasteiger partial charge in [0.15, 0.2) is 0 Å². The summed E-state index contributed by atoms with van der Waals surface area (Å²) in [7, 11) is 0. The fourth-order valence-corrected chi connectivity index (χ4v) is 5.54. The summed E-state index contributed by atoms with van der Waals surface area (Å²) in [6, 6.07) is 20.3. The Kier molecular flexibility index (Phi) is 7.14. The van der Waals surface area contributed by atoms with Crippen LogP contribution >= 0.6 is 12.6 Å². The lowest BCUT2D eigenvalue weighted by Crippen LogP contribution is -2.49. The minimum absolute atomic E-state index is 0.0414. The zero-order chi connectivity index (χ0) is 27.0. The second-order valence-electron chi connectivity index (χ2n) is 10.9. The Morgan fingerprint density at radius 1 is 0.921 bits per heavy atom. The van der Waals surface area contributed by atoms with Crippen LogP contribution in [0.2, 0.25) is 0 Å². The van der Waals surface area contributed by atoms with Crippen LogP contribution in [0.1, 0.15) is 53.7 Å². The number of piperazine rings is 1. The first-order chi connectivity index (χ1) is 18.1. The van der Waals surface area contributed by atoms with Gasteiger partial charge in [-0.3, -0.25) is 0 Å². The normalized spacial score (nSPS) is 15.2. The van der Waals surface area contributed by atoms with Gasteiger partial charge < -0.3 is 19.3 Å². The molecule has 1 fully saturated rings. The first-order valence-corrected chi connectivity index (χ1v) is 13.5. The van der Waals surface area contributed by atoms with E-state index in [0.29, 0.717) is 38.3 Å².